The quantitative estimate of drug-likeness (QED) is 0.765. The third-order valence-electron chi connectivity index (χ3n) is 4.96. The smallest absolute Gasteiger partial charge is 0.152 e. The van der Waals surface area contributed by atoms with E-state index in [4.69, 9.17) is 0 Å². The third kappa shape index (κ3) is 2.17. The van der Waals surface area contributed by atoms with Gasteiger partial charge in [0.25, 0.3) is 0 Å². The van der Waals surface area contributed by atoms with E-state index in [-0.39, 0.29) is 0 Å². The van der Waals surface area contributed by atoms with Crippen LogP contribution in [0.3, 0.4) is 0 Å². The van der Waals surface area contributed by atoms with E-state index in [0.29, 0.717) is 11.8 Å². The van der Waals surface area contributed by atoms with Crippen LogP contribution in [0.1, 0.15) is 79.4 Å². The van der Waals surface area contributed by atoms with Crippen LogP contribution in [0.5, 0.6) is 0 Å². The number of aromatic amines is 1. The number of hydrogen-bond donors (Lipinski definition) is 1. The first-order valence-corrected chi connectivity index (χ1v) is 7.85. The third-order valence-corrected chi connectivity index (χ3v) is 4.96. The first kappa shape index (κ1) is 13.4. The molecule has 1 aliphatic rings. The van der Waals surface area contributed by atoms with Crippen molar-refractivity contribution in [3.63, 3.8) is 0 Å². The zero-order valence-corrected chi connectivity index (χ0v) is 12.4. The molecule has 20 heavy (non-hydrogen) atoms. The highest BCUT2D eigenvalue weighted by Gasteiger charge is 2.23. The lowest BCUT2D eigenvalue weighted by atomic mass is 9.95. The maximum atomic E-state index is 11.6. The molecule has 0 amide bonds. The molecule has 2 heteroatoms. The molecule has 1 atom stereocenters. The number of carbonyl (C=O) groups excluding carboxylic acids is 1. The van der Waals surface area contributed by atoms with Crippen LogP contribution in [0.4, 0.5) is 0 Å². The fraction of sp³-hybridized carbons (Fsp3) is 0.500. The Balaban J connectivity index is 2.11. The molecular weight excluding hydrogens is 246 g/mol. The molecule has 3 rings (SSSR count). The molecule has 1 N–H and O–H groups in total. The molecule has 0 bridgehead atoms. The van der Waals surface area contributed by atoms with Gasteiger partial charge in [0.15, 0.2) is 6.29 Å². The lowest BCUT2D eigenvalue weighted by Gasteiger charge is -2.09. The minimum absolute atomic E-state index is 0.545. The van der Waals surface area contributed by atoms with Gasteiger partial charge in [-0.1, -0.05) is 32.8 Å². The summed E-state index contributed by atoms with van der Waals surface area (Å²) in [5.41, 5.74) is 4.52. The van der Waals surface area contributed by atoms with Crippen molar-refractivity contribution in [3.05, 3.63) is 35.0 Å². The summed E-state index contributed by atoms with van der Waals surface area (Å²) in [5, 5.41) is 1.11. The van der Waals surface area contributed by atoms with Crippen LogP contribution in [0.15, 0.2) is 18.2 Å². The summed E-state index contributed by atoms with van der Waals surface area (Å²) in [7, 11) is 0. The molecule has 1 unspecified atom stereocenters. The molecule has 0 saturated heterocycles. The Kier molecular flexibility index (Phi) is 3.64. The first-order valence-electron chi connectivity index (χ1n) is 7.85. The van der Waals surface area contributed by atoms with Crippen molar-refractivity contribution in [2.24, 2.45) is 0 Å². The van der Waals surface area contributed by atoms with E-state index in [1.165, 1.54) is 36.9 Å². The van der Waals surface area contributed by atoms with Crippen molar-refractivity contribution >= 4 is 17.2 Å². The second-order valence-electron chi connectivity index (χ2n) is 6.17. The predicted octanol–water partition coefficient (Wildman–Crippen LogP) is 5.15. The average molecular weight is 269 g/mol. The minimum atomic E-state index is 0.545. The summed E-state index contributed by atoms with van der Waals surface area (Å²) in [4.78, 5) is 15.1. The van der Waals surface area contributed by atoms with Gasteiger partial charge < -0.3 is 4.98 Å². The maximum Gasteiger partial charge on any atom is 0.152 e. The maximum absolute atomic E-state index is 11.6. The Morgan fingerprint density at radius 2 is 2.10 bits per heavy atom. The molecule has 1 fully saturated rings. The molecule has 2 nitrogen and oxygen atoms in total. The van der Waals surface area contributed by atoms with Gasteiger partial charge >= 0.3 is 0 Å². The zero-order valence-electron chi connectivity index (χ0n) is 12.4. The van der Waals surface area contributed by atoms with E-state index in [1.54, 1.807) is 0 Å². The summed E-state index contributed by atoms with van der Waals surface area (Å²) < 4.78 is 0. The Morgan fingerprint density at radius 3 is 2.75 bits per heavy atom. The Morgan fingerprint density at radius 1 is 1.35 bits per heavy atom. The number of aldehydes is 1. The van der Waals surface area contributed by atoms with Crippen molar-refractivity contribution in [1.82, 2.24) is 4.98 Å². The van der Waals surface area contributed by atoms with Gasteiger partial charge in [0.1, 0.15) is 0 Å². The summed E-state index contributed by atoms with van der Waals surface area (Å²) >= 11 is 0. The highest BCUT2D eigenvalue weighted by Crippen LogP contribution is 2.38. The highest BCUT2D eigenvalue weighted by molar-refractivity contribution is 5.99. The first-order chi connectivity index (χ1) is 9.74. The summed E-state index contributed by atoms with van der Waals surface area (Å²) in [6.45, 7) is 4.45. The van der Waals surface area contributed by atoms with Crippen LogP contribution in [-0.4, -0.2) is 11.3 Å². The van der Waals surface area contributed by atoms with E-state index in [0.717, 1.165) is 29.2 Å². The molecule has 0 spiro atoms. The molecule has 0 radical (unpaired) electrons. The van der Waals surface area contributed by atoms with Crippen LogP contribution < -0.4 is 0 Å². The molecular formula is C18H23NO. The number of fused-ring (bicyclic) bond motifs is 1. The van der Waals surface area contributed by atoms with Gasteiger partial charge in [0.2, 0.25) is 0 Å². The largest absolute Gasteiger partial charge is 0.358 e. The number of rotatable bonds is 4. The van der Waals surface area contributed by atoms with Crippen molar-refractivity contribution in [1.29, 1.82) is 0 Å². The number of benzene rings is 1. The molecule has 1 aromatic heterocycles. The Bertz CT molecular complexity index is 620. The number of aromatic nitrogens is 1. The summed E-state index contributed by atoms with van der Waals surface area (Å²) in [6, 6.07) is 6.55. The van der Waals surface area contributed by atoms with E-state index < -0.39 is 0 Å². The molecule has 0 aliphatic heterocycles. The van der Waals surface area contributed by atoms with Gasteiger partial charge in [-0.05, 0) is 48.8 Å². The van der Waals surface area contributed by atoms with Crippen molar-refractivity contribution in [2.75, 3.05) is 0 Å². The number of H-pyrrole nitrogens is 1. The minimum Gasteiger partial charge on any atom is -0.358 e. The number of carbonyl (C=O) groups is 1. The lowest BCUT2D eigenvalue weighted by molar-refractivity contribution is 0.112. The monoisotopic (exact) mass is 269 g/mol. The molecule has 1 aliphatic carbocycles. The fourth-order valence-corrected chi connectivity index (χ4v) is 3.46. The second kappa shape index (κ2) is 5.43. The van der Waals surface area contributed by atoms with Crippen LogP contribution in [0.2, 0.25) is 0 Å². The highest BCUT2D eigenvalue weighted by atomic mass is 16.1. The van der Waals surface area contributed by atoms with Crippen molar-refractivity contribution in [3.8, 4) is 0 Å². The SMILES string of the molecule is CCC(C)c1ccc2[nH]c(C3CCCC3)c(C=O)c2c1. The normalized spacial score (nSPS) is 17.7. The van der Waals surface area contributed by atoms with Gasteiger partial charge in [-0.3, -0.25) is 4.79 Å². The van der Waals surface area contributed by atoms with Gasteiger partial charge in [-0.15, -0.1) is 0 Å². The van der Waals surface area contributed by atoms with E-state index in [9.17, 15) is 4.79 Å². The summed E-state index contributed by atoms with van der Waals surface area (Å²) in [6.07, 6.45) is 7.18. The van der Waals surface area contributed by atoms with Crippen LogP contribution in [0, 0.1) is 0 Å². The van der Waals surface area contributed by atoms with E-state index >= 15 is 0 Å². The topological polar surface area (TPSA) is 32.9 Å². The molecule has 1 saturated carbocycles. The standard InChI is InChI=1S/C18H23NO/c1-3-12(2)14-8-9-17-15(10-14)16(11-20)18(19-17)13-6-4-5-7-13/h8-13,19H,3-7H2,1-2H3. The molecule has 1 heterocycles. The number of nitrogens with one attached hydrogen (secondary N) is 1. The van der Waals surface area contributed by atoms with Gasteiger partial charge in [-0.25, -0.2) is 0 Å². The second-order valence-corrected chi connectivity index (χ2v) is 6.17. The zero-order chi connectivity index (χ0) is 14.1. The molecule has 1 aromatic carbocycles. The van der Waals surface area contributed by atoms with Gasteiger partial charge in [0, 0.05) is 22.2 Å². The van der Waals surface area contributed by atoms with E-state index in [1.807, 2.05) is 0 Å². The molecule has 2 aromatic rings. The van der Waals surface area contributed by atoms with Gasteiger partial charge in [0.05, 0.1) is 0 Å². The van der Waals surface area contributed by atoms with E-state index in [2.05, 4.69) is 37.0 Å². The Labute approximate surface area is 120 Å². The van der Waals surface area contributed by atoms with Crippen LogP contribution >= 0.6 is 0 Å². The van der Waals surface area contributed by atoms with Crippen LogP contribution in [0.25, 0.3) is 10.9 Å². The lowest BCUT2D eigenvalue weighted by Crippen LogP contribution is -1.96. The average Bonchev–Trinajstić information content (AvgIpc) is 3.12. The van der Waals surface area contributed by atoms with Gasteiger partial charge in [-0.2, -0.15) is 0 Å². The van der Waals surface area contributed by atoms with Crippen molar-refractivity contribution < 1.29 is 4.79 Å². The predicted molar refractivity (Wildman–Crippen MR) is 83.6 cm³/mol. The summed E-state index contributed by atoms with van der Waals surface area (Å²) in [5.74, 6) is 1.10. The Hall–Kier alpha value is -1.57. The number of hydrogen-bond acceptors (Lipinski definition) is 1. The van der Waals surface area contributed by atoms with Crippen LogP contribution in [-0.2, 0) is 0 Å². The van der Waals surface area contributed by atoms with Crippen molar-refractivity contribution in [2.45, 2.75) is 57.8 Å². The fourth-order valence-electron chi connectivity index (χ4n) is 3.46. The molecule has 106 valence electrons.